The van der Waals surface area contributed by atoms with Gasteiger partial charge in [-0.1, -0.05) is 17.8 Å². The van der Waals surface area contributed by atoms with Crippen LogP contribution < -0.4 is 0 Å². The highest BCUT2D eigenvalue weighted by atomic mass is 32.2. The second kappa shape index (κ2) is 4.77. The molecule has 2 aromatic rings. The second-order valence-corrected chi connectivity index (χ2v) is 4.02. The molecule has 0 N–H and O–H groups in total. The van der Waals surface area contributed by atoms with E-state index in [0.717, 1.165) is 10.7 Å². The van der Waals surface area contributed by atoms with Crippen LogP contribution in [0.2, 0.25) is 0 Å². The normalized spacial score (nSPS) is 10.0. The minimum absolute atomic E-state index is 0.470. The Morgan fingerprint density at radius 2 is 2.38 bits per heavy atom. The smallest absolute Gasteiger partial charge is 0.186 e. The predicted molar refractivity (Wildman–Crippen MR) is 59.5 cm³/mol. The number of pyridine rings is 1. The summed E-state index contributed by atoms with van der Waals surface area (Å²) < 4.78 is 1.70. The minimum Gasteiger partial charge on any atom is -0.245 e. The van der Waals surface area contributed by atoms with Gasteiger partial charge >= 0.3 is 0 Å². The predicted octanol–water partition coefficient (Wildman–Crippen LogP) is 1.37. The molecular formula is C10H9N5S. The van der Waals surface area contributed by atoms with E-state index in [2.05, 4.69) is 21.1 Å². The lowest BCUT2D eigenvalue weighted by Gasteiger charge is -2.01. The number of aromatic nitrogens is 4. The molecule has 0 fully saturated rings. The molecule has 0 saturated carbocycles. The quantitative estimate of drug-likeness (QED) is 0.746. The topological polar surface area (TPSA) is 67.4 Å². The molecule has 2 rings (SSSR count). The molecule has 0 unspecified atom stereocenters. The van der Waals surface area contributed by atoms with E-state index >= 15 is 0 Å². The number of nitrogens with zero attached hydrogens (tertiary/aromatic N) is 5. The molecule has 5 nitrogen and oxygen atoms in total. The van der Waals surface area contributed by atoms with Crippen LogP contribution in [0.3, 0.4) is 0 Å². The highest BCUT2D eigenvalue weighted by Crippen LogP contribution is 2.20. The Balaban J connectivity index is 2.11. The van der Waals surface area contributed by atoms with Crippen molar-refractivity contribution in [2.75, 3.05) is 0 Å². The van der Waals surface area contributed by atoms with Crippen molar-refractivity contribution in [3.05, 3.63) is 35.9 Å². The number of hydrogen-bond acceptors (Lipinski definition) is 5. The first-order valence-corrected chi connectivity index (χ1v) is 5.60. The van der Waals surface area contributed by atoms with Gasteiger partial charge in [-0.2, -0.15) is 10.4 Å². The Morgan fingerprint density at radius 1 is 1.50 bits per heavy atom. The second-order valence-electron chi connectivity index (χ2n) is 3.08. The lowest BCUT2D eigenvalue weighted by molar-refractivity contribution is 0.685. The van der Waals surface area contributed by atoms with Crippen molar-refractivity contribution in [3.8, 4) is 6.07 Å². The molecule has 6 heteroatoms. The summed E-state index contributed by atoms with van der Waals surface area (Å²) in [4.78, 5) is 8.10. The summed E-state index contributed by atoms with van der Waals surface area (Å²) in [5, 5.41) is 13.7. The van der Waals surface area contributed by atoms with E-state index in [9.17, 15) is 0 Å². The number of aryl methyl sites for hydroxylation is 1. The first-order chi connectivity index (χ1) is 7.81. The Kier molecular flexibility index (Phi) is 3.17. The summed E-state index contributed by atoms with van der Waals surface area (Å²) in [7, 11) is 1.84. The first-order valence-electron chi connectivity index (χ1n) is 4.62. The van der Waals surface area contributed by atoms with Gasteiger partial charge < -0.3 is 0 Å². The maximum absolute atomic E-state index is 8.88. The molecule has 0 saturated heterocycles. The van der Waals surface area contributed by atoms with Gasteiger partial charge in [0.25, 0.3) is 0 Å². The van der Waals surface area contributed by atoms with Gasteiger partial charge in [0.15, 0.2) is 5.16 Å². The molecule has 2 heterocycles. The van der Waals surface area contributed by atoms with E-state index in [4.69, 9.17) is 5.26 Å². The van der Waals surface area contributed by atoms with Crippen molar-refractivity contribution in [1.29, 1.82) is 5.26 Å². The van der Waals surface area contributed by atoms with E-state index in [1.807, 2.05) is 19.2 Å². The van der Waals surface area contributed by atoms with E-state index in [0.29, 0.717) is 11.4 Å². The van der Waals surface area contributed by atoms with Gasteiger partial charge in [0.2, 0.25) is 0 Å². The van der Waals surface area contributed by atoms with Crippen LogP contribution in [0.25, 0.3) is 0 Å². The Morgan fingerprint density at radius 3 is 3.06 bits per heavy atom. The molecule has 0 amide bonds. The van der Waals surface area contributed by atoms with Gasteiger partial charge in [0.1, 0.15) is 18.1 Å². The van der Waals surface area contributed by atoms with Crippen LogP contribution in [-0.4, -0.2) is 19.7 Å². The van der Waals surface area contributed by atoms with Gasteiger partial charge in [-0.25, -0.2) is 14.6 Å². The average Bonchev–Trinajstić information content (AvgIpc) is 2.72. The summed E-state index contributed by atoms with van der Waals surface area (Å²) >= 11 is 1.53. The third kappa shape index (κ3) is 2.20. The van der Waals surface area contributed by atoms with E-state index < -0.39 is 0 Å². The monoisotopic (exact) mass is 231 g/mol. The van der Waals surface area contributed by atoms with Crippen molar-refractivity contribution < 1.29 is 0 Å². The van der Waals surface area contributed by atoms with Crippen LogP contribution in [0.5, 0.6) is 0 Å². The summed E-state index contributed by atoms with van der Waals surface area (Å²) in [5.74, 6) is 0.670. The summed E-state index contributed by atoms with van der Waals surface area (Å²) in [5.41, 5.74) is 1.38. The van der Waals surface area contributed by atoms with Crippen molar-refractivity contribution in [2.24, 2.45) is 7.05 Å². The van der Waals surface area contributed by atoms with Crippen molar-refractivity contribution in [3.63, 3.8) is 0 Å². The molecule has 0 aliphatic carbocycles. The van der Waals surface area contributed by atoms with E-state index in [1.165, 1.54) is 18.1 Å². The minimum atomic E-state index is 0.470. The highest BCUT2D eigenvalue weighted by Gasteiger charge is 2.05. The first kappa shape index (κ1) is 10.6. The van der Waals surface area contributed by atoms with Crippen molar-refractivity contribution in [2.45, 2.75) is 10.9 Å². The van der Waals surface area contributed by atoms with Crippen LogP contribution >= 0.6 is 11.8 Å². The van der Waals surface area contributed by atoms with Gasteiger partial charge in [-0.15, -0.1) is 0 Å². The molecule has 2 aromatic heterocycles. The Bertz CT molecular complexity index is 528. The fourth-order valence-corrected chi connectivity index (χ4v) is 2.09. The molecule has 16 heavy (non-hydrogen) atoms. The standard InChI is InChI=1S/C10H9N5S/c1-15-10(13-7-14-15)16-6-8-3-2-4-12-9(8)5-11/h2-4,7H,6H2,1H3. The van der Waals surface area contributed by atoms with Crippen LogP contribution in [0.4, 0.5) is 0 Å². The zero-order chi connectivity index (χ0) is 11.4. The maximum Gasteiger partial charge on any atom is 0.186 e. The highest BCUT2D eigenvalue weighted by molar-refractivity contribution is 7.98. The van der Waals surface area contributed by atoms with Crippen molar-refractivity contribution >= 4 is 11.8 Å². The third-order valence-electron chi connectivity index (χ3n) is 2.02. The summed E-state index contributed by atoms with van der Waals surface area (Å²) in [6.45, 7) is 0. The largest absolute Gasteiger partial charge is 0.245 e. The van der Waals surface area contributed by atoms with Gasteiger partial charge in [0.05, 0.1) is 0 Å². The summed E-state index contributed by atoms with van der Waals surface area (Å²) in [6.07, 6.45) is 3.13. The molecule has 0 aliphatic rings. The molecule has 0 atom stereocenters. The lowest BCUT2D eigenvalue weighted by Crippen LogP contribution is -1.95. The Hall–Kier alpha value is -1.87. The molecular weight excluding hydrogens is 222 g/mol. The van der Waals surface area contributed by atoms with E-state index in [1.54, 1.807) is 10.9 Å². The van der Waals surface area contributed by atoms with Crippen LogP contribution in [-0.2, 0) is 12.8 Å². The molecule has 0 aromatic carbocycles. The van der Waals surface area contributed by atoms with E-state index in [-0.39, 0.29) is 0 Å². The molecule has 80 valence electrons. The number of rotatable bonds is 3. The van der Waals surface area contributed by atoms with Crippen LogP contribution in [0.1, 0.15) is 11.3 Å². The molecule has 0 radical (unpaired) electrons. The fourth-order valence-electron chi connectivity index (χ4n) is 1.21. The molecule has 0 bridgehead atoms. The van der Waals surface area contributed by atoms with Gasteiger partial charge in [-0.3, -0.25) is 0 Å². The summed E-state index contributed by atoms with van der Waals surface area (Å²) in [6, 6.07) is 5.80. The average molecular weight is 231 g/mol. The number of hydrogen-bond donors (Lipinski definition) is 0. The maximum atomic E-state index is 8.88. The molecule has 0 aliphatic heterocycles. The fraction of sp³-hybridized carbons (Fsp3) is 0.200. The SMILES string of the molecule is Cn1ncnc1SCc1cccnc1C#N. The third-order valence-corrected chi connectivity index (χ3v) is 3.11. The zero-order valence-corrected chi connectivity index (χ0v) is 9.48. The molecule has 0 spiro atoms. The Labute approximate surface area is 97.1 Å². The van der Waals surface area contributed by atoms with Gasteiger partial charge in [0, 0.05) is 19.0 Å². The van der Waals surface area contributed by atoms with Crippen LogP contribution in [0.15, 0.2) is 29.8 Å². The van der Waals surface area contributed by atoms with Crippen molar-refractivity contribution in [1.82, 2.24) is 19.7 Å². The number of thioether (sulfide) groups is 1. The zero-order valence-electron chi connectivity index (χ0n) is 8.66. The van der Waals surface area contributed by atoms with Gasteiger partial charge in [-0.05, 0) is 11.6 Å². The number of nitriles is 1. The lowest BCUT2D eigenvalue weighted by atomic mass is 10.2. The van der Waals surface area contributed by atoms with Crippen LogP contribution in [0, 0.1) is 11.3 Å².